The lowest BCUT2D eigenvalue weighted by Gasteiger charge is -2.61. The van der Waals surface area contributed by atoms with E-state index in [0.29, 0.717) is 0 Å². The third kappa shape index (κ3) is 4.75. The third-order valence-corrected chi connectivity index (χ3v) is 16.0. The molecular formula is C59H49N. The first-order valence-electron chi connectivity index (χ1n) is 22.4. The molecule has 4 fully saturated rings. The normalized spacial score (nSPS) is 23.4. The highest BCUT2D eigenvalue weighted by Gasteiger charge is 2.61. The van der Waals surface area contributed by atoms with Crippen molar-refractivity contribution in [1.29, 1.82) is 0 Å². The predicted octanol–water partition coefficient (Wildman–Crippen LogP) is 15.7. The van der Waals surface area contributed by atoms with Gasteiger partial charge in [0.05, 0.1) is 0 Å². The molecule has 60 heavy (non-hydrogen) atoms. The first-order valence-corrected chi connectivity index (χ1v) is 22.4. The van der Waals surface area contributed by atoms with Gasteiger partial charge in [0, 0.05) is 27.9 Å². The lowest BCUT2D eigenvalue weighted by molar-refractivity contribution is -0.0399. The van der Waals surface area contributed by atoms with Crippen molar-refractivity contribution in [2.75, 3.05) is 4.90 Å². The minimum Gasteiger partial charge on any atom is -0.310 e. The smallest absolute Gasteiger partial charge is 0.0468 e. The zero-order chi connectivity index (χ0) is 39.7. The fraction of sp³-hybridized carbons (Fsp3) is 0.220. The van der Waals surface area contributed by atoms with Gasteiger partial charge in [-0.2, -0.15) is 0 Å². The molecule has 0 radical (unpaired) electrons. The van der Waals surface area contributed by atoms with Gasteiger partial charge in [0.1, 0.15) is 0 Å². The van der Waals surface area contributed by atoms with E-state index >= 15 is 0 Å². The number of hydrogen-bond donors (Lipinski definition) is 0. The van der Waals surface area contributed by atoms with E-state index in [1.807, 2.05) is 0 Å². The lowest BCUT2D eigenvalue weighted by Crippen LogP contribution is -2.55. The molecule has 0 aliphatic heterocycles. The van der Waals surface area contributed by atoms with Gasteiger partial charge in [0.15, 0.2) is 0 Å². The molecule has 0 heterocycles. The molecule has 6 aliphatic carbocycles. The molecule has 4 bridgehead atoms. The number of nitrogens with zero attached hydrogens (tertiary/aromatic N) is 1. The van der Waals surface area contributed by atoms with E-state index in [0.717, 1.165) is 23.7 Å². The first-order chi connectivity index (χ1) is 29.5. The standard InChI is InChI=1S/C59H49N/c1-58(2)54-20-9-7-17-50(54)53-19-11-18-52(57(53)58)48-15-6-5-14-47(48)40-23-25-44(26-24-40)60(45-27-22-39-12-3-4-13-41(39)35-45)46-28-29-51-49-16-8-10-21-55(49)59(56(51)36-46)42-31-37-30-38(33-42)34-43(59)32-37/h3-29,35-38,42-43H,30-34H2,1-2H3. The van der Waals surface area contributed by atoms with E-state index in [2.05, 4.69) is 195 Å². The zero-order valence-electron chi connectivity index (χ0n) is 34.5. The average molecular weight is 772 g/mol. The van der Waals surface area contributed by atoms with Crippen molar-refractivity contribution < 1.29 is 0 Å². The Hall–Kier alpha value is -6.18. The number of anilines is 3. The summed E-state index contributed by atoms with van der Waals surface area (Å²) in [6, 6.07) is 67.1. The summed E-state index contributed by atoms with van der Waals surface area (Å²) in [5, 5.41) is 2.53. The van der Waals surface area contributed by atoms with Gasteiger partial charge in [-0.05, 0) is 170 Å². The van der Waals surface area contributed by atoms with E-state index in [4.69, 9.17) is 0 Å². The Kier molecular flexibility index (Phi) is 7.32. The Morgan fingerprint density at radius 3 is 1.63 bits per heavy atom. The predicted molar refractivity (Wildman–Crippen MR) is 250 cm³/mol. The van der Waals surface area contributed by atoms with E-state index in [9.17, 15) is 0 Å². The third-order valence-electron chi connectivity index (χ3n) is 16.0. The molecular weight excluding hydrogens is 723 g/mol. The van der Waals surface area contributed by atoms with Gasteiger partial charge < -0.3 is 4.90 Å². The molecule has 290 valence electrons. The van der Waals surface area contributed by atoms with Crippen LogP contribution in [0.4, 0.5) is 17.1 Å². The van der Waals surface area contributed by atoms with Crippen LogP contribution in [-0.4, -0.2) is 0 Å². The Morgan fingerprint density at radius 2 is 0.900 bits per heavy atom. The molecule has 8 aromatic rings. The Bertz CT molecular complexity index is 3010. The Balaban J connectivity index is 0.951. The van der Waals surface area contributed by atoms with Crippen LogP contribution in [0.2, 0.25) is 0 Å². The van der Waals surface area contributed by atoms with Crippen LogP contribution in [-0.2, 0) is 10.8 Å². The lowest BCUT2D eigenvalue weighted by atomic mass is 9.43. The van der Waals surface area contributed by atoms with E-state index < -0.39 is 0 Å². The highest BCUT2D eigenvalue weighted by Crippen LogP contribution is 2.69. The molecule has 1 spiro atoms. The van der Waals surface area contributed by atoms with Gasteiger partial charge in [0.25, 0.3) is 0 Å². The quantitative estimate of drug-likeness (QED) is 0.168. The Labute approximate surface area is 354 Å². The molecule has 0 unspecified atom stereocenters. The molecule has 0 amide bonds. The van der Waals surface area contributed by atoms with Crippen molar-refractivity contribution >= 4 is 27.8 Å². The topological polar surface area (TPSA) is 3.24 Å². The van der Waals surface area contributed by atoms with Crippen LogP contribution in [0.3, 0.4) is 0 Å². The van der Waals surface area contributed by atoms with E-state index in [1.165, 1.54) is 116 Å². The van der Waals surface area contributed by atoms with Gasteiger partial charge in [-0.3, -0.25) is 0 Å². The highest BCUT2D eigenvalue weighted by molar-refractivity contribution is 5.94. The van der Waals surface area contributed by atoms with Gasteiger partial charge in [0.2, 0.25) is 0 Å². The summed E-state index contributed by atoms with van der Waals surface area (Å²) >= 11 is 0. The van der Waals surface area contributed by atoms with Crippen LogP contribution in [0.15, 0.2) is 176 Å². The minimum atomic E-state index is -0.0910. The van der Waals surface area contributed by atoms with Crippen LogP contribution in [0.5, 0.6) is 0 Å². The summed E-state index contributed by atoms with van der Waals surface area (Å²) < 4.78 is 0. The second-order valence-electron chi connectivity index (χ2n) is 19.3. The molecule has 0 N–H and O–H groups in total. The molecule has 1 nitrogen and oxygen atoms in total. The van der Waals surface area contributed by atoms with Crippen LogP contribution >= 0.6 is 0 Å². The SMILES string of the molecule is CC1(C)c2ccccc2-c2cccc(-c3ccccc3-c3ccc(N(c4ccc5c(c4)C4(c6ccccc6-5)C5CC6CC(C5)CC4C6)c4ccc5ccccc5c4)cc3)c21. The summed E-state index contributed by atoms with van der Waals surface area (Å²) in [7, 11) is 0. The van der Waals surface area contributed by atoms with Crippen LogP contribution in [0, 0.1) is 23.7 Å². The molecule has 0 aromatic heterocycles. The van der Waals surface area contributed by atoms with Gasteiger partial charge in [-0.15, -0.1) is 0 Å². The summed E-state index contributed by atoms with van der Waals surface area (Å²) in [4.78, 5) is 2.53. The van der Waals surface area contributed by atoms with Gasteiger partial charge in [-0.25, -0.2) is 0 Å². The molecule has 4 saturated carbocycles. The Morgan fingerprint density at radius 1 is 0.383 bits per heavy atom. The summed E-state index contributed by atoms with van der Waals surface area (Å²) in [6.07, 6.45) is 7.02. The average Bonchev–Trinajstić information content (AvgIpc) is 3.71. The maximum Gasteiger partial charge on any atom is 0.0468 e. The largest absolute Gasteiger partial charge is 0.310 e. The molecule has 0 saturated heterocycles. The van der Waals surface area contributed by atoms with Gasteiger partial charge >= 0.3 is 0 Å². The maximum atomic E-state index is 2.63. The monoisotopic (exact) mass is 771 g/mol. The number of fused-ring (bicyclic) bond motifs is 7. The molecule has 1 heteroatoms. The van der Waals surface area contributed by atoms with Crippen LogP contribution in [0.1, 0.15) is 68.2 Å². The fourth-order valence-electron chi connectivity index (χ4n) is 13.9. The second kappa shape index (κ2) is 12.7. The number of hydrogen-bond acceptors (Lipinski definition) is 1. The first kappa shape index (κ1) is 34.7. The summed E-state index contributed by atoms with van der Waals surface area (Å²) in [5.41, 5.74) is 20.4. The molecule has 6 aliphatic rings. The summed E-state index contributed by atoms with van der Waals surface area (Å²) in [5.74, 6) is 3.29. The van der Waals surface area contributed by atoms with Crippen molar-refractivity contribution in [3.05, 3.63) is 198 Å². The van der Waals surface area contributed by atoms with Crippen LogP contribution < -0.4 is 4.90 Å². The summed E-state index contributed by atoms with van der Waals surface area (Å²) in [6.45, 7) is 4.78. The molecule has 0 atom stereocenters. The maximum absolute atomic E-state index is 2.63. The number of benzene rings is 8. The highest BCUT2D eigenvalue weighted by atomic mass is 15.1. The van der Waals surface area contributed by atoms with E-state index in [-0.39, 0.29) is 10.8 Å². The molecule has 8 aromatic carbocycles. The van der Waals surface area contributed by atoms with Crippen molar-refractivity contribution in [2.24, 2.45) is 23.7 Å². The van der Waals surface area contributed by atoms with Gasteiger partial charge in [-0.1, -0.05) is 153 Å². The van der Waals surface area contributed by atoms with Crippen molar-refractivity contribution in [3.63, 3.8) is 0 Å². The number of rotatable bonds is 5. The zero-order valence-corrected chi connectivity index (χ0v) is 34.5. The fourth-order valence-corrected chi connectivity index (χ4v) is 13.9. The minimum absolute atomic E-state index is 0.0910. The van der Waals surface area contributed by atoms with E-state index in [1.54, 1.807) is 11.1 Å². The second-order valence-corrected chi connectivity index (χ2v) is 19.3. The van der Waals surface area contributed by atoms with Crippen molar-refractivity contribution in [2.45, 2.75) is 56.8 Å². The van der Waals surface area contributed by atoms with Crippen molar-refractivity contribution in [3.8, 4) is 44.5 Å². The van der Waals surface area contributed by atoms with Crippen LogP contribution in [0.25, 0.3) is 55.3 Å². The van der Waals surface area contributed by atoms with Crippen molar-refractivity contribution in [1.82, 2.24) is 0 Å². The molecule has 14 rings (SSSR count).